The Morgan fingerprint density at radius 3 is 2.59 bits per heavy atom. The van der Waals surface area contributed by atoms with Crippen molar-refractivity contribution in [2.45, 2.75) is 25.9 Å². The highest BCUT2D eigenvalue weighted by Gasteiger charge is 2.17. The van der Waals surface area contributed by atoms with Crippen LogP contribution in [0.5, 0.6) is 0 Å². The second-order valence-electron chi connectivity index (χ2n) is 6.07. The van der Waals surface area contributed by atoms with Gasteiger partial charge in [-0.2, -0.15) is 4.68 Å². The van der Waals surface area contributed by atoms with Gasteiger partial charge in [0.2, 0.25) is 11.1 Å². The van der Waals surface area contributed by atoms with E-state index in [0.717, 1.165) is 16.8 Å². The molecule has 6 nitrogen and oxygen atoms in total. The van der Waals surface area contributed by atoms with E-state index in [2.05, 4.69) is 21.6 Å². The van der Waals surface area contributed by atoms with Crippen LogP contribution in [0.15, 0.2) is 47.6 Å². The van der Waals surface area contributed by atoms with Gasteiger partial charge in [-0.05, 0) is 67.1 Å². The molecule has 0 atom stereocenters. The van der Waals surface area contributed by atoms with Crippen molar-refractivity contribution in [3.8, 4) is 5.69 Å². The lowest BCUT2D eigenvalue weighted by atomic mass is 10.1. The van der Waals surface area contributed by atoms with Crippen molar-refractivity contribution >= 4 is 23.4 Å². The molecule has 3 aromatic rings. The number of halogens is 1. The average Bonchev–Trinajstić information content (AvgIpc) is 3.10. The van der Waals surface area contributed by atoms with E-state index in [-0.39, 0.29) is 17.5 Å². The minimum atomic E-state index is -0.329. The number of benzene rings is 2. The number of aromatic nitrogens is 4. The molecule has 0 bridgehead atoms. The molecular weight excluding hydrogens is 365 g/mol. The Labute approximate surface area is 161 Å². The Hall–Kier alpha value is -2.74. The minimum Gasteiger partial charge on any atom is -0.312 e. The molecule has 27 heavy (non-hydrogen) atoms. The van der Waals surface area contributed by atoms with Crippen molar-refractivity contribution in [2.75, 3.05) is 17.2 Å². The normalized spacial score (nSPS) is 10.8. The predicted molar refractivity (Wildman–Crippen MR) is 104 cm³/mol. The smallest absolute Gasteiger partial charge is 0.237 e. The number of aryl methyl sites for hydroxylation is 2. The van der Waals surface area contributed by atoms with Crippen LogP contribution in [0.4, 0.5) is 10.1 Å². The van der Waals surface area contributed by atoms with Gasteiger partial charge in [0.1, 0.15) is 5.82 Å². The standard InChI is InChI=1S/C19H20FN5OS/c1-4-24(16-8-6-15(20)7-9-16)18(26)12-27-19-21-22-23-25(19)17-10-5-13(2)11-14(17)3/h5-11H,4,12H2,1-3H3. The first-order chi connectivity index (χ1) is 13.0. The summed E-state index contributed by atoms with van der Waals surface area (Å²) in [6, 6.07) is 11.9. The van der Waals surface area contributed by atoms with Gasteiger partial charge in [0, 0.05) is 12.2 Å². The first kappa shape index (κ1) is 19.0. The van der Waals surface area contributed by atoms with E-state index in [1.807, 2.05) is 32.9 Å². The summed E-state index contributed by atoms with van der Waals surface area (Å²) in [5.74, 6) is -0.246. The van der Waals surface area contributed by atoms with E-state index in [1.54, 1.807) is 21.7 Å². The molecule has 0 saturated carbocycles. The molecule has 8 heteroatoms. The molecule has 0 aliphatic carbocycles. The monoisotopic (exact) mass is 385 g/mol. The van der Waals surface area contributed by atoms with Gasteiger partial charge >= 0.3 is 0 Å². The number of nitrogens with zero attached hydrogens (tertiary/aromatic N) is 5. The number of anilines is 1. The molecule has 0 radical (unpaired) electrons. The fraction of sp³-hybridized carbons (Fsp3) is 0.263. The number of amides is 1. The Morgan fingerprint density at radius 2 is 1.93 bits per heavy atom. The van der Waals surface area contributed by atoms with E-state index < -0.39 is 0 Å². The lowest BCUT2D eigenvalue weighted by molar-refractivity contribution is -0.116. The number of carbonyl (C=O) groups is 1. The molecule has 0 saturated heterocycles. The lowest BCUT2D eigenvalue weighted by Crippen LogP contribution is -2.32. The van der Waals surface area contributed by atoms with Crippen LogP contribution in [-0.2, 0) is 4.79 Å². The molecule has 2 aromatic carbocycles. The van der Waals surface area contributed by atoms with Gasteiger partial charge in [0.15, 0.2) is 0 Å². The first-order valence-electron chi connectivity index (χ1n) is 8.54. The van der Waals surface area contributed by atoms with Crippen molar-refractivity contribution in [1.82, 2.24) is 20.2 Å². The molecule has 1 amide bonds. The van der Waals surface area contributed by atoms with E-state index in [9.17, 15) is 9.18 Å². The molecule has 140 valence electrons. The molecule has 0 aliphatic rings. The molecule has 0 N–H and O–H groups in total. The molecule has 3 rings (SSSR count). The SMILES string of the molecule is CCN(C(=O)CSc1nnnn1-c1ccc(C)cc1C)c1ccc(F)cc1. The highest BCUT2D eigenvalue weighted by atomic mass is 32.2. The summed E-state index contributed by atoms with van der Waals surface area (Å²) in [5, 5.41) is 12.4. The van der Waals surface area contributed by atoms with Gasteiger partial charge in [-0.1, -0.05) is 29.5 Å². The van der Waals surface area contributed by atoms with E-state index in [0.29, 0.717) is 17.4 Å². The summed E-state index contributed by atoms with van der Waals surface area (Å²) in [6.07, 6.45) is 0. The quantitative estimate of drug-likeness (QED) is 0.607. The Bertz CT molecular complexity index is 942. The Balaban J connectivity index is 1.74. The van der Waals surface area contributed by atoms with Crippen molar-refractivity contribution < 1.29 is 9.18 Å². The van der Waals surface area contributed by atoms with Crippen molar-refractivity contribution in [2.24, 2.45) is 0 Å². The Morgan fingerprint density at radius 1 is 1.19 bits per heavy atom. The van der Waals surface area contributed by atoms with E-state index in [1.165, 1.54) is 23.9 Å². The van der Waals surface area contributed by atoms with Crippen LogP contribution in [0.1, 0.15) is 18.1 Å². The third-order valence-electron chi connectivity index (χ3n) is 4.10. The van der Waals surface area contributed by atoms with Gasteiger partial charge < -0.3 is 4.90 Å². The van der Waals surface area contributed by atoms with Gasteiger partial charge in [-0.15, -0.1) is 5.10 Å². The van der Waals surface area contributed by atoms with Crippen LogP contribution in [0, 0.1) is 19.7 Å². The maximum atomic E-state index is 13.1. The van der Waals surface area contributed by atoms with Gasteiger partial charge in [0.25, 0.3) is 0 Å². The van der Waals surface area contributed by atoms with Gasteiger partial charge in [-0.3, -0.25) is 4.79 Å². The second kappa shape index (κ2) is 8.30. The zero-order valence-electron chi connectivity index (χ0n) is 15.4. The summed E-state index contributed by atoms with van der Waals surface area (Å²) >= 11 is 1.27. The maximum Gasteiger partial charge on any atom is 0.237 e. The number of carbonyl (C=O) groups excluding carboxylic acids is 1. The molecule has 1 aromatic heterocycles. The summed E-state index contributed by atoms with van der Waals surface area (Å²) in [7, 11) is 0. The Kier molecular flexibility index (Phi) is 5.85. The number of tetrazole rings is 1. The second-order valence-corrected chi connectivity index (χ2v) is 7.01. The summed E-state index contributed by atoms with van der Waals surface area (Å²) in [5.41, 5.74) is 3.76. The van der Waals surface area contributed by atoms with Gasteiger partial charge in [0.05, 0.1) is 11.4 Å². The number of hydrogen-bond acceptors (Lipinski definition) is 5. The molecular formula is C19H20FN5OS. The third kappa shape index (κ3) is 4.33. The van der Waals surface area contributed by atoms with Crippen molar-refractivity contribution in [3.05, 3.63) is 59.4 Å². The van der Waals surface area contributed by atoms with Crippen molar-refractivity contribution in [3.63, 3.8) is 0 Å². The van der Waals surface area contributed by atoms with Crippen LogP contribution in [0.25, 0.3) is 5.69 Å². The van der Waals surface area contributed by atoms with Crippen LogP contribution in [0.2, 0.25) is 0 Å². The summed E-state index contributed by atoms with van der Waals surface area (Å²) in [4.78, 5) is 14.3. The number of hydrogen-bond donors (Lipinski definition) is 0. The molecule has 0 aliphatic heterocycles. The first-order valence-corrected chi connectivity index (χ1v) is 9.53. The summed E-state index contributed by atoms with van der Waals surface area (Å²) < 4.78 is 14.8. The zero-order chi connectivity index (χ0) is 19.4. The molecule has 1 heterocycles. The van der Waals surface area contributed by atoms with Crippen LogP contribution < -0.4 is 4.90 Å². The molecule has 0 fully saturated rings. The maximum absolute atomic E-state index is 13.1. The fourth-order valence-corrected chi connectivity index (χ4v) is 3.55. The third-order valence-corrected chi connectivity index (χ3v) is 5.01. The van der Waals surface area contributed by atoms with E-state index in [4.69, 9.17) is 0 Å². The van der Waals surface area contributed by atoms with Crippen LogP contribution >= 0.6 is 11.8 Å². The van der Waals surface area contributed by atoms with Crippen molar-refractivity contribution in [1.29, 1.82) is 0 Å². The predicted octanol–water partition coefficient (Wildman–Crippen LogP) is 3.56. The summed E-state index contributed by atoms with van der Waals surface area (Å²) in [6.45, 7) is 6.40. The molecule has 0 unspecified atom stereocenters. The lowest BCUT2D eigenvalue weighted by Gasteiger charge is -2.20. The van der Waals surface area contributed by atoms with E-state index >= 15 is 0 Å². The highest BCUT2D eigenvalue weighted by molar-refractivity contribution is 7.99. The number of thioether (sulfide) groups is 1. The number of rotatable bonds is 6. The van der Waals surface area contributed by atoms with Crippen LogP contribution in [-0.4, -0.2) is 38.4 Å². The highest BCUT2D eigenvalue weighted by Crippen LogP contribution is 2.23. The van der Waals surface area contributed by atoms with Gasteiger partial charge in [-0.25, -0.2) is 4.39 Å². The minimum absolute atomic E-state index is 0.0933. The largest absolute Gasteiger partial charge is 0.312 e. The zero-order valence-corrected chi connectivity index (χ0v) is 16.2. The molecule has 0 spiro atoms. The fourth-order valence-electron chi connectivity index (χ4n) is 2.79. The average molecular weight is 385 g/mol. The topological polar surface area (TPSA) is 63.9 Å². The van der Waals surface area contributed by atoms with Crippen LogP contribution in [0.3, 0.4) is 0 Å².